The van der Waals surface area contributed by atoms with Gasteiger partial charge >= 0.3 is 5.97 Å². The van der Waals surface area contributed by atoms with Crippen LogP contribution in [0, 0.1) is 0 Å². The van der Waals surface area contributed by atoms with Gasteiger partial charge in [-0.2, -0.15) is 0 Å². The molecule has 0 saturated heterocycles. The van der Waals surface area contributed by atoms with E-state index in [0.29, 0.717) is 5.56 Å². The van der Waals surface area contributed by atoms with E-state index in [-0.39, 0.29) is 24.5 Å². The average Bonchev–Trinajstić information content (AvgIpc) is 2.28. The molecule has 0 unspecified atom stereocenters. The molecule has 7 nitrogen and oxygen atoms in total. The first-order valence-electron chi connectivity index (χ1n) is 5.15. The van der Waals surface area contributed by atoms with Crippen molar-refractivity contribution < 1.29 is 24.9 Å². The molecular weight excluding hydrogens is 240 g/mol. The van der Waals surface area contributed by atoms with Gasteiger partial charge in [0.1, 0.15) is 6.04 Å². The number of carbonyl (C=O) groups is 2. The third-order valence-corrected chi connectivity index (χ3v) is 2.30. The maximum atomic E-state index is 10.8. The normalized spacial score (nSPS) is 12.0. The highest BCUT2D eigenvalue weighted by atomic mass is 16.4. The number of carboxylic acid groups (broad SMARTS) is 1. The topological polar surface area (TPSA) is 133 Å². The first-order chi connectivity index (χ1) is 8.40. The van der Waals surface area contributed by atoms with E-state index >= 15 is 0 Å². The molecule has 0 fully saturated rings. The van der Waals surface area contributed by atoms with Crippen LogP contribution in [0.1, 0.15) is 12.0 Å². The van der Waals surface area contributed by atoms with Gasteiger partial charge < -0.3 is 21.1 Å². The number of carboxylic acids is 1. The summed E-state index contributed by atoms with van der Waals surface area (Å²) in [5.74, 6) is -2.46. The Bertz CT molecular complexity index is 461. The maximum Gasteiger partial charge on any atom is 0.321 e. The van der Waals surface area contributed by atoms with Gasteiger partial charge in [0.15, 0.2) is 11.5 Å². The van der Waals surface area contributed by atoms with Crippen molar-refractivity contribution in [3.05, 3.63) is 23.8 Å². The average molecular weight is 254 g/mol. The summed E-state index contributed by atoms with van der Waals surface area (Å²) in [6, 6.07) is 3.02. The molecule has 0 aliphatic rings. The summed E-state index contributed by atoms with van der Waals surface area (Å²) < 4.78 is 0. The van der Waals surface area contributed by atoms with Crippen LogP contribution in [0.2, 0.25) is 0 Å². The van der Waals surface area contributed by atoms with Crippen LogP contribution < -0.4 is 11.1 Å². The second-order valence-corrected chi connectivity index (χ2v) is 3.77. The smallest absolute Gasteiger partial charge is 0.321 e. The standard InChI is InChI=1S/C11H14N2O5/c12-10(16)4-7(11(17)18)13-5-6-1-2-8(14)9(15)3-6/h1-3,7,13-15H,4-5H2,(H2,12,16)(H,17,18)/t7-/m0/s1. The van der Waals surface area contributed by atoms with E-state index in [9.17, 15) is 14.7 Å². The molecule has 18 heavy (non-hydrogen) atoms. The Balaban J connectivity index is 2.64. The number of primary amides is 1. The fourth-order valence-corrected chi connectivity index (χ4v) is 1.37. The largest absolute Gasteiger partial charge is 0.504 e. The summed E-state index contributed by atoms with van der Waals surface area (Å²) >= 11 is 0. The molecule has 98 valence electrons. The number of amides is 1. The summed E-state index contributed by atoms with van der Waals surface area (Å²) in [5, 5.41) is 29.8. The maximum absolute atomic E-state index is 10.8. The van der Waals surface area contributed by atoms with Crippen LogP contribution in [0.3, 0.4) is 0 Å². The number of carbonyl (C=O) groups excluding carboxylic acids is 1. The minimum Gasteiger partial charge on any atom is -0.504 e. The van der Waals surface area contributed by atoms with Crippen molar-refractivity contribution in [2.75, 3.05) is 0 Å². The van der Waals surface area contributed by atoms with Crippen molar-refractivity contribution in [2.45, 2.75) is 19.0 Å². The fourth-order valence-electron chi connectivity index (χ4n) is 1.37. The molecule has 0 bridgehead atoms. The van der Waals surface area contributed by atoms with Gasteiger partial charge in [-0.1, -0.05) is 6.07 Å². The number of aromatic hydroxyl groups is 2. The highest BCUT2D eigenvalue weighted by Gasteiger charge is 2.19. The van der Waals surface area contributed by atoms with Crippen LogP contribution in [-0.2, 0) is 16.1 Å². The van der Waals surface area contributed by atoms with Crippen LogP contribution in [0.4, 0.5) is 0 Å². The van der Waals surface area contributed by atoms with Crippen LogP contribution in [0.15, 0.2) is 18.2 Å². The molecule has 0 aromatic heterocycles. The Morgan fingerprint density at radius 3 is 2.44 bits per heavy atom. The molecule has 0 spiro atoms. The van der Waals surface area contributed by atoms with E-state index in [1.54, 1.807) is 0 Å². The molecule has 1 aromatic carbocycles. The molecule has 0 radical (unpaired) electrons. The van der Waals surface area contributed by atoms with Gasteiger partial charge in [-0.25, -0.2) is 0 Å². The van der Waals surface area contributed by atoms with Gasteiger partial charge in [0, 0.05) is 6.54 Å². The van der Waals surface area contributed by atoms with Gasteiger partial charge in [-0.05, 0) is 17.7 Å². The van der Waals surface area contributed by atoms with Crippen molar-refractivity contribution in [3.8, 4) is 11.5 Å². The quantitative estimate of drug-likeness (QED) is 0.435. The van der Waals surface area contributed by atoms with Crippen molar-refractivity contribution >= 4 is 11.9 Å². The lowest BCUT2D eigenvalue weighted by molar-refractivity contribution is -0.141. The lowest BCUT2D eigenvalue weighted by Gasteiger charge is -2.12. The number of phenolic OH excluding ortho intramolecular Hbond substituents is 2. The first-order valence-corrected chi connectivity index (χ1v) is 5.15. The molecule has 7 heteroatoms. The monoisotopic (exact) mass is 254 g/mol. The summed E-state index contributed by atoms with van der Waals surface area (Å²) in [5.41, 5.74) is 5.50. The van der Waals surface area contributed by atoms with Crippen LogP contribution >= 0.6 is 0 Å². The summed E-state index contributed by atoms with van der Waals surface area (Å²) in [6.07, 6.45) is -0.320. The van der Waals surface area contributed by atoms with Crippen molar-refractivity contribution in [2.24, 2.45) is 5.73 Å². The fraction of sp³-hybridized carbons (Fsp3) is 0.273. The van der Waals surface area contributed by atoms with Crippen molar-refractivity contribution in [3.63, 3.8) is 0 Å². The predicted octanol–water partition coefficient (Wildman–Crippen LogP) is -0.484. The zero-order valence-electron chi connectivity index (χ0n) is 9.46. The summed E-state index contributed by atoms with van der Waals surface area (Å²) in [6.45, 7) is 0.123. The molecule has 0 saturated carbocycles. The van der Waals surface area contributed by atoms with Gasteiger partial charge in [0.05, 0.1) is 6.42 Å². The molecule has 1 rings (SSSR count). The molecule has 0 heterocycles. The molecule has 1 atom stereocenters. The van der Waals surface area contributed by atoms with E-state index < -0.39 is 17.9 Å². The van der Waals surface area contributed by atoms with Gasteiger partial charge in [-0.15, -0.1) is 0 Å². The van der Waals surface area contributed by atoms with E-state index in [1.807, 2.05) is 0 Å². The Morgan fingerprint density at radius 2 is 1.94 bits per heavy atom. The number of rotatable bonds is 6. The number of aliphatic carboxylic acids is 1. The number of phenols is 2. The zero-order valence-corrected chi connectivity index (χ0v) is 9.46. The lowest BCUT2D eigenvalue weighted by atomic mass is 10.1. The Kier molecular flexibility index (Phi) is 4.50. The van der Waals surface area contributed by atoms with Gasteiger partial charge in [0.2, 0.25) is 5.91 Å². The van der Waals surface area contributed by atoms with Gasteiger partial charge in [0.25, 0.3) is 0 Å². The Labute approximate surface area is 103 Å². The molecular formula is C11H14N2O5. The van der Waals surface area contributed by atoms with E-state index in [1.165, 1.54) is 18.2 Å². The number of hydrogen-bond acceptors (Lipinski definition) is 5. The lowest BCUT2D eigenvalue weighted by Crippen LogP contribution is -2.39. The zero-order chi connectivity index (χ0) is 13.7. The summed E-state index contributed by atoms with van der Waals surface area (Å²) in [7, 11) is 0. The minimum atomic E-state index is -1.18. The number of benzene rings is 1. The van der Waals surface area contributed by atoms with Gasteiger partial charge in [-0.3, -0.25) is 14.9 Å². The van der Waals surface area contributed by atoms with E-state index in [0.717, 1.165) is 0 Å². The molecule has 1 amide bonds. The molecule has 6 N–H and O–H groups in total. The highest BCUT2D eigenvalue weighted by molar-refractivity contribution is 5.83. The predicted molar refractivity (Wildman–Crippen MR) is 61.8 cm³/mol. The summed E-state index contributed by atoms with van der Waals surface area (Å²) in [4.78, 5) is 21.5. The Hall–Kier alpha value is -2.28. The SMILES string of the molecule is NC(=O)C[C@H](NCc1ccc(O)c(O)c1)C(=O)O. The number of hydrogen-bond donors (Lipinski definition) is 5. The van der Waals surface area contributed by atoms with Crippen LogP contribution in [-0.4, -0.2) is 33.2 Å². The number of nitrogens with one attached hydrogen (secondary N) is 1. The van der Waals surface area contributed by atoms with Crippen molar-refractivity contribution in [1.29, 1.82) is 0 Å². The Morgan fingerprint density at radius 1 is 1.28 bits per heavy atom. The van der Waals surface area contributed by atoms with E-state index in [2.05, 4.69) is 5.32 Å². The highest BCUT2D eigenvalue weighted by Crippen LogP contribution is 2.24. The van der Waals surface area contributed by atoms with Crippen LogP contribution in [0.25, 0.3) is 0 Å². The van der Waals surface area contributed by atoms with Crippen molar-refractivity contribution in [1.82, 2.24) is 5.32 Å². The second kappa shape index (κ2) is 5.87. The molecule has 0 aliphatic heterocycles. The third kappa shape index (κ3) is 3.95. The van der Waals surface area contributed by atoms with Crippen LogP contribution in [0.5, 0.6) is 11.5 Å². The van der Waals surface area contributed by atoms with E-state index in [4.69, 9.17) is 15.9 Å². The number of nitrogens with two attached hydrogens (primary N) is 1. The third-order valence-electron chi connectivity index (χ3n) is 2.30. The second-order valence-electron chi connectivity index (χ2n) is 3.77. The molecule has 1 aromatic rings. The first kappa shape index (κ1) is 13.8. The minimum absolute atomic E-state index is 0.123. The molecule has 0 aliphatic carbocycles.